The van der Waals surface area contributed by atoms with Gasteiger partial charge in [-0.25, -0.2) is 4.39 Å². The first-order valence-corrected chi connectivity index (χ1v) is 13.2. The number of halogens is 7. The Morgan fingerprint density at radius 3 is 2.07 bits per heavy atom. The van der Waals surface area contributed by atoms with Crippen LogP contribution in [0.15, 0.2) is 72.8 Å². The number of hydrogen-bond donors (Lipinski definition) is 1. The van der Waals surface area contributed by atoms with Crippen LogP contribution in [0.1, 0.15) is 58.7 Å². The van der Waals surface area contributed by atoms with Gasteiger partial charge in [0, 0.05) is 24.6 Å². The van der Waals surface area contributed by atoms with Gasteiger partial charge in [0.05, 0.1) is 29.9 Å². The summed E-state index contributed by atoms with van der Waals surface area (Å²) in [7, 11) is 0. The molecule has 42 heavy (non-hydrogen) atoms. The fourth-order valence-electron chi connectivity index (χ4n) is 5.72. The molecule has 222 valence electrons. The molecular formula is C31H26F7NO3. The average molecular weight is 594 g/mol. The molecule has 1 saturated heterocycles. The van der Waals surface area contributed by atoms with Crippen LogP contribution in [0.4, 0.5) is 30.7 Å². The van der Waals surface area contributed by atoms with E-state index in [2.05, 4.69) is 0 Å². The molecule has 3 aromatic carbocycles. The number of nitrogens with zero attached hydrogens (tertiary/aromatic N) is 1. The van der Waals surface area contributed by atoms with E-state index in [0.717, 1.165) is 11.1 Å². The minimum absolute atomic E-state index is 0.0359. The van der Waals surface area contributed by atoms with Crippen molar-refractivity contribution in [1.29, 1.82) is 0 Å². The van der Waals surface area contributed by atoms with E-state index in [4.69, 9.17) is 4.74 Å². The lowest BCUT2D eigenvalue weighted by Crippen LogP contribution is -2.39. The Morgan fingerprint density at radius 1 is 0.929 bits per heavy atom. The average Bonchev–Trinajstić information content (AvgIpc) is 3.30. The first kappa shape index (κ1) is 29.8. The lowest BCUT2D eigenvalue weighted by atomic mass is 9.83. The van der Waals surface area contributed by atoms with E-state index < -0.39 is 53.5 Å². The molecule has 5 rings (SSSR count). The van der Waals surface area contributed by atoms with E-state index in [-0.39, 0.29) is 30.7 Å². The number of alkyl halides is 6. The molecule has 0 unspecified atom stereocenters. The Balaban J connectivity index is 1.48. The van der Waals surface area contributed by atoms with Crippen LogP contribution in [0.2, 0.25) is 0 Å². The largest absolute Gasteiger partial charge is 0.416 e. The smallest absolute Gasteiger partial charge is 0.392 e. The second-order valence-electron chi connectivity index (χ2n) is 10.5. The standard InChI is InChI=1S/C31H26F7NO3/c1-17(21-10-23(30(33,34)35)14-24(11-21)31(36,37)38)42-27-15-39-26(29(27)20-6-8-25(32)9-7-20)12-22(13-28(39)41)19-4-2-18(16-40)3-5-19/h2-11,13-14,17,26-27,29,40H,12,15-16H2,1H3/t17-,26+,27+,29+/m1/s1. The first-order chi connectivity index (χ1) is 19.7. The van der Waals surface area contributed by atoms with Gasteiger partial charge in [-0.3, -0.25) is 4.79 Å². The van der Waals surface area contributed by atoms with Gasteiger partial charge in [-0.15, -0.1) is 0 Å². The van der Waals surface area contributed by atoms with Gasteiger partial charge in [0.2, 0.25) is 5.91 Å². The van der Waals surface area contributed by atoms with E-state index >= 15 is 0 Å². The third-order valence-electron chi connectivity index (χ3n) is 7.82. The number of aliphatic hydroxyl groups is 1. The molecule has 1 N–H and O–H groups in total. The number of carbonyl (C=O) groups is 1. The molecule has 4 atom stereocenters. The van der Waals surface area contributed by atoms with Crippen LogP contribution < -0.4 is 0 Å². The molecule has 0 aromatic heterocycles. The van der Waals surface area contributed by atoms with Crippen LogP contribution in [0.5, 0.6) is 0 Å². The number of hydrogen-bond acceptors (Lipinski definition) is 3. The van der Waals surface area contributed by atoms with Crippen molar-refractivity contribution in [3.63, 3.8) is 0 Å². The summed E-state index contributed by atoms with van der Waals surface area (Å²) in [6, 6.07) is 13.5. The van der Waals surface area contributed by atoms with Gasteiger partial charge in [-0.1, -0.05) is 36.4 Å². The maximum atomic E-state index is 13.8. The summed E-state index contributed by atoms with van der Waals surface area (Å²) < 4.78 is 101. The summed E-state index contributed by atoms with van der Waals surface area (Å²) in [5.74, 6) is -1.37. The minimum atomic E-state index is -5.01. The highest BCUT2D eigenvalue weighted by Crippen LogP contribution is 2.45. The van der Waals surface area contributed by atoms with E-state index in [1.807, 2.05) is 0 Å². The molecule has 4 nitrogen and oxygen atoms in total. The first-order valence-electron chi connectivity index (χ1n) is 13.2. The van der Waals surface area contributed by atoms with Gasteiger partial charge >= 0.3 is 12.4 Å². The number of benzene rings is 3. The quantitative estimate of drug-likeness (QED) is 0.306. The Kier molecular flexibility index (Phi) is 7.93. The minimum Gasteiger partial charge on any atom is -0.392 e. The fraction of sp³-hybridized carbons (Fsp3) is 0.323. The summed E-state index contributed by atoms with van der Waals surface area (Å²) >= 11 is 0. The van der Waals surface area contributed by atoms with Gasteiger partial charge in [0.15, 0.2) is 0 Å². The second kappa shape index (κ2) is 11.2. The lowest BCUT2D eigenvalue weighted by Gasteiger charge is -2.33. The number of ether oxygens (including phenoxy) is 1. The van der Waals surface area contributed by atoms with E-state index in [1.165, 1.54) is 37.3 Å². The fourth-order valence-corrected chi connectivity index (χ4v) is 5.72. The monoisotopic (exact) mass is 593 g/mol. The number of fused-ring (bicyclic) bond motifs is 1. The van der Waals surface area contributed by atoms with Crippen molar-refractivity contribution in [3.8, 4) is 0 Å². The maximum Gasteiger partial charge on any atom is 0.416 e. The SMILES string of the molecule is C[C@@H](O[C@H]1CN2C(=O)C=C(c3ccc(CO)cc3)C[C@H]2[C@@H]1c1ccc(F)cc1)c1cc(C(F)(F)F)cc(C(F)(F)F)c1. The summed E-state index contributed by atoms with van der Waals surface area (Å²) in [4.78, 5) is 14.8. The van der Waals surface area contributed by atoms with E-state index in [9.17, 15) is 40.6 Å². The normalized spacial score (nSPS) is 21.7. The highest BCUT2D eigenvalue weighted by molar-refractivity contribution is 5.98. The van der Waals surface area contributed by atoms with Crippen molar-refractivity contribution in [3.05, 3.63) is 112 Å². The molecular weight excluding hydrogens is 567 g/mol. The van der Waals surface area contributed by atoms with Crippen molar-refractivity contribution in [2.75, 3.05) is 6.54 Å². The zero-order valence-electron chi connectivity index (χ0n) is 22.2. The van der Waals surface area contributed by atoms with E-state index in [0.29, 0.717) is 29.7 Å². The highest BCUT2D eigenvalue weighted by Gasteiger charge is 2.48. The number of rotatable bonds is 6. The number of amides is 1. The van der Waals surface area contributed by atoms with Crippen LogP contribution in [-0.4, -0.2) is 34.6 Å². The molecule has 0 spiro atoms. The zero-order chi connectivity index (χ0) is 30.4. The van der Waals surface area contributed by atoms with Crippen LogP contribution in [0.25, 0.3) is 5.57 Å². The molecule has 2 aliphatic heterocycles. The maximum absolute atomic E-state index is 13.8. The molecule has 2 aliphatic rings. The van der Waals surface area contributed by atoms with Gasteiger partial charge in [0.25, 0.3) is 0 Å². The summed E-state index contributed by atoms with van der Waals surface area (Å²) in [6.07, 6.45) is -10.2. The van der Waals surface area contributed by atoms with Crippen LogP contribution in [0.3, 0.4) is 0 Å². The van der Waals surface area contributed by atoms with E-state index in [1.54, 1.807) is 29.2 Å². The second-order valence-corrected chi connectivity index (χ2v) is 10.5. The van der Waals surface area contributed by atoms with Crippen molar-refractivity contribution < 1.29 is 45.4 Å². The highest BCUT2D eigenvalue weighted by atomic mass is 19.4. The molecule has 2 heterocycles. The Bertz CT molecular complexity index is 1450. The van der Waals surface area contributed by atoms with Crippen molar-refractivity contribution in [2.45, 2.75) is 56.5 Å². The Labute approximate surface area is 237 Å². The summed E-state index contributed by atoms with van der Waals surface area (Å²) in [5.41, 5.74) is -0.409. The van der Waals surface area contributed by atoms with Crippen molar-refractivity contribution in [1.82, 2.24) is 4.90 Å². The lowest BCUT2D eigenvalue weighted by molar-refractivity contribution is -0.143. The molecule has 0 aliphatic carbocycles. The van der Waals surface area contributed by atoms with Gasteiger partial charge in [-0.2, -0.15) is 26.3 Å². The molecule has 0 bridgehead atoms. The predicted molar refractivity (Wildman–Crippen MR) is 139 cm³/mol. The number of carbonyl (C=O) groups excluding carboxylic acids is 1. The summed E-state index contributed by atoms with van der Waals surface area (Å²) in [6.45, 7) is 1.26. The third kappa shape index (κ3) is 6.07. The van der Waals surface area contributed by atoms with Gasteiger partial charge in [-0.05, 0) is 71.5 Å². The summed E-state index contributed by atoms with van der Waals surface area (Å²) in [5, 5.41) is 9.35. The molecule has 3 aromatic rings. The molecule has 1 fully saturated rings. The molecule has 0 radical (unpaired) electrons. The molecule has 0 saturated carbocycles. The van der Waals surface area contributed by atoms with Gasteiger partial charge in [0.1, 0.15) is 5.82 Å². The third-order valence-corrected chi connectivity index (χ3v) is 7.82. The zero-order valence-corrected chi connectivity index (χ0v) is 22.2. The molecule has 11 heteroatoms. The van der Waals surface area contributed by atoms with Crippen molar-refractivity contribution >= 4 is 11.5 Å². The Morgan fingerprint density at radius 2 is 1.52 bits per heavy atom. The van der Waals surface area contributed by atoms with Crippen LogP contribution >= 0.6 is 0 Å². The Hall–Kier alpha value is -3.70. The van der Waals surface area contributed by atoms with Crippen molar-refractivity contribution in [2.24, 2.45) is 0 Å². The predicted octanol–water partition coefficient (Wildman–Crippen LogP) is 7.28. The number of aliphatic hydroxyl groups excluding tert-OH is 1. The molecule has 1 amide bonds. The van der Waals surface area contributed by atoms with Crippen LogP contribution in [-0.2, 0) is 28.5 Å². The topological polar surface area (TPSA) is 49.8 Å². The van der Waals surface area contributed by atoms with Crippen LogP contribution in [0, 0.1) is 5.82 Å². The van der Waals surface area contributed by atoms with Gasteiger partial charge < -0.3 is 14.7 Å².